The highest BCUT2D eigenvalue weighted by Gasteiger charge is 2.17. The van der Waals surface area contributed by atoms with Crippen LogP contribution in [0.15, 0.2) is 24.3 Å². The van der Waals surface area contributed by atoms with E-state index in [4.69, 9.17) is 5.73 Å². The standard InChI is InChI=1S/C20H28N2O2/c1-14(23)8-4-3-5-9-16(20(21)24)12-13-17-15(2)22-19-11-7-6-10-18(17)19/h6-7,10-11,16,22H,3-5,8-9,12-13H2,1-2H3,(H2,21,24). The molecule has 2 aromatic rings. The first-order valence-corrected chi connectivity index (χ1v) is 8.84. The molecule has 0 aliphatic rings. The maximum Gasteiger partial charge on any atom is 0.220 e. The van der Waals surface area contributed by atoms with Gasteiger partial charge in [0.05, 0.1) is 0 Å². The molecule has 0 radical (unpaired) electrons. The van der Waals surface area contributed by atoms with Crippen LogP contribution in [-0.4, -0.2) is 16.7 Å². The Balaban J connectivity index is 1.90. The summed E-state index contributed by atoms with van der Waals surface area (Å²) in [5.74, 6) is -0.0642. The van der Waals surface area contributed by atoms with Gasteiger partial charge >= 0.3 is 0 Å². The maximum atomic E-state index is 11.7. The van der Waals surface area contributed by atoms with Crippen LogP contribution in [0, 0.1) is 12.8 Å². The minimum Gasteiger partial charge on any atom is -0.369 e. The Bertz CT molecular complexity index is 703. The predicted molar refractivity (Wildman–Crippen MR) is 97.8 cm³/mol. The number of Topliss-reactive ketones (excluding diaryl/α,β-unsaturated/α-hetero) is 1. The van der Waals surface area contributed by atoms with Crippen LogP contribution in [0.1, 0.15) is 56.7 Å². The van der Waals surface area contributed by atoms with Crippen LogP contribution in [0.5, 0.6) is 0 Å². The summed E-state index contributed by atoms with van der Waals surface area (Å²) in [6, 6.07) is 8.26. The number of hydrogen-bond donors (Lipinski definition) is 2. The van der Waals surface area contributed by atoms with E-state index < -0.39 is 0 Å². The minimum atomic E-state index is -0.209. The highest BCUT2D eigenvalue weighted by molar-refractivity contribution is 5.84. The number of rotatable bonds is 10. The molecule has 0 aliphatic carbocycles. The molecule has 1 heterocycles. The molecule has 2 rings (SSSR count). The Kier molecular flexibility index (Phi) is 6.59. The third-order valence-electron chi connectivity index (χ3n) is 4.75. The van der Waals surface area contributed by atoms with E-state index in [1.54, 1.807) is 6.92 Å². The van der Waals surface area contributed by atoms with Gasteiger partial charge in [-0.05, 0) is 51.2 Å². The zero-order valence-corrected chi connectivity index (χ0v) is 14.7. The third-order valence-corrected chi connectivity index (χ3v) is 4.75. The second kappa shape index (κ2) is 8.67. The van der Waals surface area contributed by atoms with Crippen LogP contribution in [0.25, 0.3) is 10.9 Å². The van der Waals surface area contributed by atoms with Crippen molar-refractivity contribution in [1.29, 1.82) is 0 Å². The summed E-state index contributed by atoms with van der Waals surface area (Å²) >= 11 is 0. The molecule has 1 aromatic heterocycles. The normalized spacial score (nSPS) is 12.4. The number of aryl methyl sites for hydroxylation is 2. The summed E-state index contributed by atoms with van der Waals surface area (Å²) in [4.78, 5) is 26.1. The number of hydrogen-bond acceptors (Lipinski definition) is 2. The summed E-state index contributed by atoms with van der Waals surface area (Å²) in [7, 11) is 0. The molecule has 0 bridgehead atoms. The minimum absolute atomic E-state index is 0.0876. The number of aromatic nitrogens is 1. The number of fused-ring (bicyclic) bond motifs is 1. The van der Waals surface area contributed by atoms with E-state index >= 15 is 0 Å². The fraction of sp³-hybridized carbons (Fsp3) is 0.500. The van der Waals surface area contributed by atoms with Gasteiger partial charge in [-0.3, -0.25) is 4.79 Å². The monoisotopic (exact) mass is 328 g/mol. The number of nitrogens with one attached hydrogen (secondary N) is 1. The quantitative estimate of drug-likeness (QED) is 0.646. The first-order chi connectivity index (χ1) is 11.5. The Morgan fingerprint density at radius 1 is 1.12 bits per heavy atom. The number of amides is 1. The highest BCUT2D eigenvalue weighted by Crippen LogP contribution is 2.25. The van der Waals surface area contributed by atoms with Crippen molar-refractivity contribution in [3.8, 4) is 0 Å². The van der Waals surface area contributed by atoms with Gasteiger partial charge in [0, 0.05) is 28.9 Å². The lowest BCUT2D eigenvalue weighted by molar-refractivity contribution is -0.122. The van der Waals surface area contributed by atoms with Crippen LogP contribution in [0.2, 0.25) is 0 Å². The molecule has 1 unspecified atom stereocenters. The van der Waals surface area contributed by atoms with Crippen molar-refractivity contribution < 1.29 is 9.59 Å². The van der Waals surface area contributed by atoms with Crippen LogP contribution in [-0.2, 0) is 16.0 Å². The highest BCUT2D eigenvalue weighted by atomic mass is 16.1. The zero-order chi connectivity index (χ0) is 17.5. The SMILES string of the molecule is CC(=O)CCCCCC(CCc1c(C)[nH]c2ccccc12)C(N)=O. The van der Waals surface area contributed by atoms with Crippen LogP contribution in [0.4, 0.5) is 0 Å². The summed E-state index contributed by atoms with van der Waals surface area (Å²) in [6.45, 7) is 3.70. The van der Waals surface area contributed by atoms with Crippen LogP contribution < -0.4 is 5.73 Å². The summed E-state index contributed by atoms with van der Waals surface area (Å²) in [5.41, 5.74) is 9.19. The zero-order valence-electron chi connectivity index (χ0n) is 14.7. The summed E-state index contributed by atoms with van der Waals surface area (Å²) in [5, 5.41) is 1.24. The summed E-state index contributed by atoms with van der Waals surface area (Å²) < 4.78 is 0. The average Bonchev–Trinajstić information content (AvgIpc) is 2.85. The van der Waals surface area contributed by atoms with Crippen molar-refractivity contribution in [2.75, 3.05) is 0 Å². The van der Waals surface area contributed by atoms with Gasteiger partial charge < -0.3 is 15.5 Å². The first kappa shape index (κ1) is 18.2. The molecule has 0 saturated carbocycles. The Hall–Kier alpha value is -2.10. The molecule has 0 fully saturated rings. The van der Waals surface area contributed by atoms with E-state index in [-0.39, 0.29) is 17.6 Å². The number of H-pyrrole nitrogens is 1. The lowest BCUT2D eigenvalue weighted by Gasteiger charge is -2.13. The average molecular weight is 328 g/mol. The summed E-state index contributed by atoms with van der Waals surface area (Å²) in [6.07, 6.45) is 5.93. The Labute approximate surface area is 143 Å². The van der Waals surface area contributed by atoms with Crippen molar-refractivity contribution in [2.24, 2.45) is 11.7 Å². The number of carbonyl (C=O) groups is 2. The molecule has 4 heteroatoms. The molecule has 1 atom stereocenters. The van der Waals surface area contributed by atoms with Crippen LogP contribution in [0.3, 0.4) is 0 Å². The van der Waals surface area contributed by atoms with E-state index in [1.165, 1.54) is 16.6 Å². The molecule has 3 N–H and O–H groups in total. The number of nitrogens with two attached hydrogens (primary N) is 1. The van der Waals surface area contributed by atoms with Gasteiger partial charge in [-0.25, -0.2) is 0 Å². The van der Waals surface area contributed by atoms with E-state index in [1.807, 2.05) is 12.1 Å². The van der Waals surface area contributed by atoms with E-state index in [0.717, 1.165) is 44.0 Å². The van der Waals surface area contributed by atoms with Gasteiger partial charge in [0.2, 0.25) is 5.91 Å². The fourth-order valence-corrected chi connectivity index (χ4v) is 3.35. The molecular weight excluding hydrogens is 300 g/mol. The van der Waals surface area contributed by atoms with E-state index in [0.29, 0.717) is 6.42 Å². The molecule has 1 amide bonds. The number of ketones is 1. The molecule has 0 saturated heterocycles. The molecule has 130 valence electrons. The van der Waals surface area contributed by atoms with Crippen LogP contribution >= 0.6 is 0 Å². The molecule has 0 aliphatic heterocycles. The maximum absolute atomic E-state index is 11.7. The van der Waals surface area contributed by atoms with Crippen molar-refractivity contribution >= 4 is 22.6 Å². The van der Waals surface area contributed by atoms with Gasteiger partial charge in [-0.15, -0.1) is 0 Å². The topological polar surface area (TPSA) is 75.9 Å². The number of aromatic amines is 1. The number of para-hydroxylation sites is 1. The Morgan fingerprint density at radius 3 is 2.58 bits per heavy atom. The first-order valence-electron chi connectivity index (χ1n) is 8.84. The number of benzene rings is 1. The fourth-order valence-electron chi connectivity index (χ4n) is 3.35. The molecule has 24 heavy (non-hydrogen) atoms. The van der Waals surface area contributed by atoms with Crippen molar-refractivity contribution in [3.05, 3.63) is 35.5 Å². The van der Waals surface area contributed by atoms with Gasteiger partial charge in [-0.2, -0.15) is 0 Å². The smallest absolute Gasteiger partial charge is 0.220 e. The van der Waals surface area contributed by atoms with Crippen molar-refractivity contribution in [2.45, 2.75) is 58.8 Å². The van der Waals surface area contributed by atoms with Gasteiger partial charge in [0.25, 0.3) is 0 Å². The predicted octanol–water partition coefficient (Wildman–Crippen LogP) is 4.05. The van der Waals surface area contributed by atoms with Gasteiger partial charge in [0.1, 0.15) is 5.78 Å². The Morgan fingerprint density at radius 2 is 1.88 bits per heavy atom. The second-order valence-electron chi connectivity index (χ2n) is 6.71. The third kappa shape index (κ3) is 4.95. The van der Waals surface area contributed by atoms with E-state index in [9.17, 15) is 9.59 Å². The largest absolute Gasteiger partial charge is 0.369 e. The van der Waals surface area contributed by atoms with E-state index in [2.05, 4.69) is 24.0 Å². The molecule has 4 nitrogen and oxygen atoms in total. The molecule has 1 aromatic carbocycles. The lowest BCUT2D eigenvalue weighted by Crippen LogP contribution is -2.23. The number of carbonyl (C=O) groups excluding carboxylic acids is 2. The number of unbranched alkanes of at least 4 members (excludes halogenated alkanes) is 2. The lowest BCUT2D eigenvalue weighted by atomic mass is 9.92. The molecule has 0 spiro atoms. The van der Waals surface area contributed by atoms with Gasteiger partial charge in [0.15, 0.2) is 0 Å². The van der Waals surface area contributed by atoms with Gasteiger partial charge in [-0.1, -0.05) is 31.0 Å². The second-order valence-corrected chi connectivity index (χ2v) is 6.71. The molecular formula is C20H28N2O2. The van der Waals surface area contributed by atoms with Crippen molar-refractivity contribution in [3.63, 3.8) is 0 Å². The number of primary amides is 1. The van der Waals surface area contributed by atoms with Crippen molar-refractivity contribution in [1.82, 2.24) is 4.98 Å².